The predicted octanol–water partition coefficient (Wildman–Crippen LogP) is 3.18. The first-order valence-electron chi connectivity index (χ1n) is 8.39. The molecule has 0 radical (unpaired) electrons. The van der Waals surface area contributed by atoms with Gasteiger partial charge in [0.15, 0.2) is 0 Å². The van der Waals surface area contributed by atoms with E-state index in [1.807, 2.05) is 0 Å². The summed E-state index contributed by atoms with van der Waals surface area (Å²) < 4.78 is 10.2. The molecule has 6 heteroatoms. The van der Waals surface area contributed by atoms with Crippen molar-refractivity contribution in [2.45, 2.75) is 25.7 Å². The molecule has 2 fully saturated rings. The maximum absolute atomic E-state index is 12.6. The Balaban J connectivity index is 1.51. The fourth-order valence-corrected chi connectivity index (χ4v) is 3.63. The molecule has 2 aliphatic rings. The number of hydrogen-bond donors (Lipinski definition) is 0. The number of hydrogen-bond acceptors (Lipinski definition) is 5. The quantitative estimate of drug-likeness (QED) is 0.488. The van der Waals surface area contributed by atoms with E-state index in [1.165, 1.54) is 17.2 Å². The molecule has 0 spiro atoms. The number of ether oxygens (including phenoxy) is 1. The lowest BCUT2D eigenvalue weighted by atomic mass is 9.81. The topological polar surface area (TPSA) is 76.8 Å². The number of carbonyl (C=O) groups excluding carboxylic acids is 3. The highest BCUT2D eigenvalue weighted by Crippen LogP contribution is 2.40. The molecule has 2 heterocycles. The third-order valence-corrected chi connectivity index (χ3v) is 4.87. The molecule has 0 N–H and O–H groups in total. The van der Waals surface area contributed by atoms with E-state index in [1.54, 1.807) is 30.3 Å². The minimum absolute atomic E-state index is 0.109. The molecule has 2 atom stereocenters. The molecule has 1 aliphatic heterocycles. The van der Waals surface area contributed by atoms with Gasteiger partial charge >= 0.3 is 5.97 Å². The van der Waals surface area contributed by atoms with Crippen LogP contribution < -0.4 is 9.64 Å². The van der Waals surface area contributed by atoms with Gasteiger partial charge in [0.2, 0.25) is 17.6 Å². The number of esters is 1. The molecule has 0 bridgehead atoms. The van der Waals surface area contributed by atoms with Gasteiger partial charge in [0.05, 0.1) is 23.8 Å². The molecule has 1 saturated carbocycles. The average molecular weight is 339 g/mol. The smallest absolute Gasteiger partial charge is 0.379 e. The highest BCUT2D eigenvalue weighted by molar-refractivity contribution is 6.22. The first-order chi connectivity index (χ1) is 12.1. The zero-order valence-corrected chi connectivity index (χ0v) is 13.5. The summed E-state index contributed by atoms with van der Waals surface area (Å²) in [5.41, 5.74) is 0.516. The SMILES string of the molecule is O=C(Oc1ccc(N2C(=O)C3CCCCC3C2=O)cc1)c1ccco1. The van der Waals surface area contributed by atoms with Crippen molar-refractivity contribution in [2.75, 3.05) is 4.90 Å². The Morgan fingerprint density at radius 1 is 1.00 bits per heavy atom. The lowest BCUT2D eigenvalue weighted by molar-refractivity contribution is -0.122. The monoisotopic (exact) mass is 339 g/mol. The summed E-state index contributed by atoms with van der Waals surface area (Å²) in [6.07, 6.45) is 4.95. The highest BCUT2D eigenvalue weighted by Gasteiger charge is 2.48. The number of imide groups is 1. The molecule has 25 heavy (non-hydrogen) atoms. The summed E-state index contributed by atoms with van der Waals surface area (Å²) in [7, 11) is 0. The lowest BCUT2D eigenvalue weighted by Crippen LogP contribution is -2.30. The molecule has 1 aromatic heterocycles. The van der Waals surface area contributed by atoms with Crippen molar-refractivity contribution in [3.8, 4) is 5.75 Å². The molecule has 2 aromatic rings. The number of carbonyl (C=O) groups is 3. The Bertz CT molecular complexity index is 785. The minimum atomic E-state index is -0.600. The summed E-state index contributed by atoms with van der Waals surface area (Å²) >= 11 is 0. The van der Waals surface area contributed by atoms with Crippen molar-refractivity contribution in [2.24, 2.45) is 11.8 Å². The third-order valence-electron chi connectivity index (χ3n) is 4.87. The van der Waals surface area contributed by atoms with Crippen molar-refractivity contribution < 1.29 is 23.5 Å². The largest absolute Gasteiger partial charge is 0.457 e. The Morgan fingerprint density at radius 3 is 2.20 bits per heavy atom. The van der Waals surface area contributed by atoms with E-state index in [9.17, 15) is 14.4 Å². The average Bonchev–Trinajstić information content (AvgIpc) is 3.25. The van der Waals surface area contributed by atoms with Crippen molar-refractivity contribution in [3.63, 3.8) is 0 Å². The van der Waals surface area contributed by atoms with Crippen LogP contribution in [0.2, 0.25) is 0 Å². The van der Waals surface area contributed by atoms with E-state index in [2.05, 4.69) is 0 Å². The molecular weight excluding hydrogens is 322 g/mol. The number of anilines is 1. The zero-order chi connectivity index (χ0) is 17.4. The van der Waals surface area contributed by atoms with Crippen LogP contribution in [0.15, 0.2) is 47.1 Å². The van der Waals surface area contributed by atoms with Crippen LogP contribution in [-0.4, -0.2) is 17.8 Å². The standard InChI is InChI=1S/C19H17NO5/c21-17-14-4-1-2-5-15(14)18(22)20(17)12-7-9-13(10-8-12)25-19(23)16-6-3-11-24-16/h3,6-11,14-15H,1-2,4-5H2. The second-order valence-electron chi connectivity index (χ2n) is 6.37. The van der Waals surface area contributed by atoms with Gasteiger partial charge < -0.3 is 9.15 Å². The van der Waals surface area contributed by atoms with Crippen LogP contribution in [0, 0.1) is 11.8 Å². The van der Waals surface area contributed by atoms with E-state index >= 15 is 0 Å². The second-order valence-corrected chi connectivity index (χ2v) is 6.37. The lowest BCUT2D eigenvalue weighted by Gasteiger charge is -2.19. The van der Waals surface area contributed by atoms with E-state index in [0.717, 1.165) is 25.7 Å². The molecule has 1 saturated heterocycles. The van der Waals surface area contributed by atoms with Gasteiger partial charge in [-0.25, -0.2) is 4.79 Å². The third kappa shape index (κ3) is 2.73. The van der Waals surface area contributed by atoms with Gasteiger partial charge in [0.1, 0.15) is 5.75 Å². The summed E-state index contributed by atoms with van der Waals surface area (Å²) in [5, 5.41) is 0. The van der Waals surface area contributed by atoms with Crippen LogP contribution in [0.1, 0.15) is 36.2 Å². The molecule has 2 amide bonds. The van der Waals surface area contributed by atoms with E-state index in [0.29, 0.717) is 11.4 Å². The zero-order valence-electron chi connectivity index (χ0n) is 13.5. The van der Waals surface area contributed by atoms with Crippen molar-refractivity contribution >= 4 is 23.5 Å². The second kappa shape index (κ2) is 6.20. The van der Waals surface area contributed by atoms with Gasteiger partial charge in [-0.3, -0.25) is 14.5 Å². The fraction of sp³-hybridized carbons (Fsp3) is 0.316. The van der Waals surface area contributed by atoms with Crippen LogP contribution in [0.3, 0.4) is 0 Å². The summed E-state index contributed by atoms with van der Waals surface area (Å²) in [6.45, 7) is 0. The number of fused-ring (bicyclic) bond motifs is 1. The van der Waals surface area contributed by atoms with Crippen LogP contribution in [0.4, 0.5) is 5.69 Å². The van der Waals surface area contributed by atoms with Gasteiger partial charge in [-0.1, -0.05) is 12.8 Å². The van der Waals surface area contributed by atoms with Crippen LogP contribution in [0.25, 0.3) is 0 Å². The normalized spacial score (nSPS) is 22.8. The van der Waals surface area contributed by atoms with Gasteiger partial charge in [-0.15, -0.1) is 0 Å². The number of rotatable bonds is 3. The Kier molecular flexibility index (Phi) is 3.87. The Morgan fingerprint density at radius 2 is 1.64 bits per heavy atom. The Labute approximate surface area is 144 Å². The fourth-order valence-electron chi connectivity index (χ4n) is 3.63. The first kappa shape index (κ1) is 15.6. The number of nitrogens with zero attached hydrogens (tertiary/aromatic N) is 1. The number of furan rings is 1. The Hall–Kier alpha value is -2.89. The van der Waals surface area contributed by atoms with Crippen molar-refractivity contribution in [1.29, 1.82) is 0 Å². The maximum atomic E-state index is 12.6. The van der Waals surface area contributed by atoms with Gasteiger partial charge in [0.25, 0.3) is 0 Å². The predicted molar refractivity (Wildman–Crippen MR) is 88.0 cm³/mol. The van der Waals surface area contributed by atoms with Crippen LogP contribution >= 0.6 is 0 Å². The maximum Gasteiger partial charge on any atom is 0.379 e. The molecule has 2 unspecified atom stereocenters. The molecule has 6 nitrogen and oxygen atoms in total. The van der Waals surface area contributed by atoms with Crippen LogP contribution in [0.5, 0.6) is 5.75 Å². The van der Waals surface area contributed by atoms with Crippen LogP contribution in [-0.2, 0) is 9.59 Å². The van der Waals surface area contributed by atoms with Crippen molar-refractivity contribution in [3.05, 3.63) is 48.4 Å². The molecule has 128 valence electrons. The number of amides is 2. The summed E-state index contributed by atoms with van der Waals surface area (Å²) in [5.74, 6) is -0.766. The molecule has 1 aromatic carbocycles. The van der Waals surface area contributed by atoms with E-state index in [-0.39, 0.29) is 29.4 Å². The number of benzene rings is 1. The van der Waals surface area contributed by atoms with E-state index < -0.39 is 5.97 Å². The highest BCUT2D eigenvalue weighted by atomic mass is 16.5. The molecule has 4 rings (SSSR count). The van der Waals surface area contributed by atoms with E-state index in [4.69, 9.17) is 9.15 Å². The van der Waals surface area contributed by atoms with Gasteiger partial charge in [-0.2, -0.15) is 0 Å². The van der Waals surface area contributed by atoms with Crippen molar-refractivity contribution in [1.82, 2.24) is 0 Å². The summed E-state index contributed by atoms with van der Waals surface area (Å²) in [6, 6.07) is 9.50. The minimum Gasteiger partial charge on any atom is -0.457 e. The first-order valence-corrected chi connectivity index (χ1v) is 8.39. The molecular formula is C19H17NO5. The summed E-state index contributed by atoms with van der Waals surface area (Å²) in [4.78, 5) is 38.3. The van der Waals surface area contributed by atoms with Gasteiger partial charge in [0, 0.05) is 0 Å². The molecule has 1 aliphatic carbocycles. The van der Waals surface area contributed by atoms with Gasteiger partial charge in [-0.05, 0) is 49.2 Å².